The molecule has 1 atom stereocenters. The maximum absolute atomic E-state index is 12.5. The van der Waals surface area contributed by atoms with Crippen LogP contribution in [0.4, 0.5) is 4.79 Å². The van der Waals surface area contributed by atoms with Gasteiger partial charge in [0.2, 0.25) is 5.91 Å². The van der Waals surface area contributed by atoms with E-state index in [4.69, 9.17) is 0 Å². The zero-order valence-corrected chi connectivity index (χ0v) is 12.8. The minimum atomic E-state index is -0.517. The van der Waals surface area contributed by atoms with Crippen LogP contribution in [0.1, 0.15) is 31.4 Å². The molecule has 6 heteroatoms. The van der Waals surface area contributed by atoms with Crippen LogP contribution in [0.25, 0.3) is 0 Å². The van der Waals surface area contributed by atoms with Gasteiger partial charge in [-0.2, -0.15) is 0 Å². The lowest BCUT2D eigenvalue weighted by Gasteiger charge is -2.35. The van der Waals surface area contributed by atoms with E-state index < -0.39 is 12.1 Å². The molecule has 0 saturated carbocycles. The topological polar surface area (TPSA) is 81.7 Å². The van der Waals surface area contributed by atoms with Gasteiger partial charge in [0.15, 0.2) is 0 Å². The number of rotatable bonds is 4. The predicted octanol–water partition coefficient (Wildman–Crippen LogP) is 1.03. The molecule has 2 rings (SSSR count). The third-order valence-electron chi connectivity index (χ3n) is 3.80. The number of piperidine rings is 1. The molecule has 1 aliphatic heterocycles. The van der Waals surface area contributed by atoms with E-state index in [1.165, 1.54) is 0 Å². The zero-order chi connectivity index (χ0) is 15.9. The second-order valence-corrected chi connectivity index (χ2v) is 5.43. The summed E-state index contributed by atoms with van der Waals surface area (Å²) in [5.41, 5.74) is 0.848. The average molecular weight is 305 g/mol. The zero-order valence-electron chi connectivity index (χ0n) is 12.8. The molecule has 0 bridgehead atoms. The molecule has 0 spiro atoms. The van der Waals surface area contributed by atoms with Gasteiger partial charge in [-0.05, 0) is 25.3 Å². The van der Waals surface area contributed by atoms with Crippen molar-refractivity contribution < 1.29 is 14.7 Å². The highest BCUT2D eigenvalue weighted by Gasteiger charge is 2.31. The Kier molecular flexibility index (Phi) is 5.91. The molecule has 1 aliphatic rings. The number of aliphatic hydroxyl groups is 1. The molecule has 1 fully saturated rings. The molecule has 120 valence electrons. The van der Waals surface area contributed by atoms with E-state index in [1.807, 2.05) is 35.2 Å². The molecular weight excluding hydrogens is 282 g/mol. The van der Waals surface area contributed by atoms with Crippen molar-refractivity contribution in [2.24, 2.45) is 0 Å². The molecule has 22 heavy (non-hydrogen) atoms. The first kappa shape index (κ1) is 16.5. The standard InChI is InChI=1S/C16H23N3O3/c1-2-17-16(22)18-15(21)14(12-6-4-3-5-7-12)19-10-8-13(20)9-11-19/h3-7,13-14,20H,2,8-11H2,1H3,(H2,17,18,21,22)/t14-/m1/s1. The number of imide groups is 1. The van der Waals surface area contributed by atoms with Crippen molar-refractivity contribution in [1.82, 2.24) is 15.5 Å². The van der Waals surface area contributed by atoms with Crippen LogP contribution in [-0.2, 0) is 4.79 Å². The fourth-order valence-electron chi connectivity index (χ4n) is 2.69. The van der Waals surface area contributed by atoms with Gasteiger partial charge in [-0.1, -0.05) is 30.3 Å². The second-order valence-electron chi connectivity index (χ2n) is 5.43. The molecule has 1 aromatic carbocycles. The number of carbonyl (C=O) groups is 2. The van der Waals surface area contributed by atoms with Crippen molar-refractivity contribution in [2.45, 2.75) is 31.9 Å². The molecule has 0 unspecified atom stereocenters. The number of hydrogen-bond acceptors (Lipinski definition) is 4. The maximum atomic E-state index is 12.5. The smallest absolute Gasteiger partial charge is 0.321 e. The number of aliphatic hydroxyl groups excluding tert-OH is 1. The van der Waals surface area contributed by atoms with Gasteiger partial charge in [0.05, 0.1) is 6.10 Å². The number of nitrogens with zero attached hydrogens (tertiary/aromatic N) is 1. The average Bonchev–Trinajstić information content (AvgIpc) is 2.51. The summed E-state index contributed by atoms with van der Waals surface area (Å²) in [5.74, 6) is -0.339. The number of urea groups is 1. The predicted molar refractivity (Wildman–Crippen MR) is 83.2 cm³/mol. The summed E-state index contributed by atoms with van der Waals surface area (Å²) >= 11 is 0. The van der Waals surface area contributed by atoms with E-state index in [9.17, 15) is 14.7 Å². The van der Waals surface area contributed by atoms with Crippen molar-refractivity contribution >= 4 is 11.9 Å². The third-order valence-corrected chi connectivity index (χ3v) is 3.80. The highest BCUT2D eigenvalue weighted by Crippen LogP contribution is 2.25. The van der Waals surface area contributed by atoms with Gasteiger partial charge in [-0.25, -0.2) is 4.79 Å². The van der Waals surface area contributed by atoms with Crippen molar-refractivity contribution in [2.75, 3.05) is 19.6 Å². The molecule has 0 radical (unpaired) electrons. The van der Waals surface area contributed by atoms with E-state index in [0.717, 1.165) is 5.56 Å². The van der Waals surface area contributed by atoms with Gasteiger partial charge in [0.1, 0.15) is 6.04 Å². The molecule has 0 aliphatic carbocycles. The van der Waals surface area contributed by atoms with E-state index in [2.05, 4.69) is 10.6 Å². The third kappa shape index (κ3) is 4.29. The first-order valence-electron chi connectivity index (χ1n) is 7.67. The van der Waals surface area contributed by atoms with Gasteiger partial charge >= 0.3 is 6.03 Å². The molecule has 1 heterocycles. The van der Waals surface area contributed by atoms with Crippen molar-refractivity contribution in [3.8, 4) is 0 Å². The van der Waals surface area contributed by atoms with Gasteiger partial charge in [-0.15, -0.1) is 0 Å². The van der Waals surface area contributed by atoms with Crippen LogP contribution in [0.2, 0.25) is 0 Å². The molecule has 3 amide bonds. The number of carbonyl (C=O) groups excluding carboxylic acids is 2. The first-order chi connectivity index (χ1) is 10.6. The Morgan fingerprint density at radius 3 is 2.50 bits per heavy atom. The van der Waals surface area contributed by atoms with Gasteiger partial charge in [0.25, 0.3) is 0 Å². The summed E-state index contributed by atoms with van der Waals surface area (Å²) < 4.78 is 0. The SMILES string of the molecule is CCNC(=O)NC(=O)[C@@H](c1ccccc1)N1CCC(O)CC1. The lowest BCUT2D eigenvalue weighted by Crippen LogP contribution is -2.48. The van der Waals surface area contributed by atoms with Crippen LogP contribution in [0.15, 0.2) is 30.3 Å². The minimum Gasteiger partial charge on any atom is -0.393 e. The minimum absolute atomic E-state index is 0.306. The Morgan fingerprint density at radius 2 is 1.91 bits per heavy atom. The summed E-state index contributed by atoms with van der Waals surface area (Å²) in [6.07, 6.45) is 0.967. The van der Waals surface area contributed by atoms with Crippen LogP contribution in [0, 0.1) is 0 Å². The highest BCUT2D eigenvalue weighted by atomic mass is 16.3. The summed E-state index contributed by atoms with van der Waals surface area (Å²) in [5, 5.41) is 14.6. The maximum Gasteiger partial charge on any atom is 0.321 e. The number of likely N-dealkylation sites (tertiary alicyclic amines) is 1. The van der Waals surface area contributed by atoms with Crippen LogP contribution in [0.5, 0.6) is 0 Å². The molecule has 1 saturated heterocycles. The Labute approximate surface area is 130 Å². The van der Waals surface area contributed by atoms with E-state index >= 15 is 0 Å². The fourth-order valence-corrected chi connectivity index (χ4v) is 2.69. The normalized spacial score (nSPS) is 17.7. The quantitative estimate of drug-likeness (QED) is 0.776. The van der Waals surface area contributed by atoms with Gasteiger partial charge < -0.3 is 10.4 Å². The van der Waals surface area contributed by atoms with E-state index in [1.54, 1.807) is 6.92 Å². The van der Waals surface area contributed by atoms with E-state index in [0.29, 0.717) is 32.5 Å². The number of nitrogens with one attached hydrogen (secondary N) is 2. The van der Waals surface area contributed by atoms with Crippen LogP contribution in [0.3, 0.4) is 0 Å². The molecule has 3 N–H and O–H groups in total. The van der Waals surface area contributed by atoms with Crippen LogP contribution < -0.4 is 10.6 Å². The van der Waals surface area contributed by atoms with Crippen LogP contribution >= 0.6 is 0 Å². The number of hydrogen-bond donors (Lipinski definition) is 3. The van der Waals surface area contributed by atoms with Crippen molar-refractivity contribution in [3.05, 3.63) is 35.9 Å². The highest BCUT2D eigenvalue weighted by molar-refractivity contribution is 5.97. The monoisotopic (exact) mass is 305 g/mol. The Balaban J connectivity index is 2.15. The Morgan fingerprint density at radius 1 is 1.27 bits per heavy atom. The summed E-state index contributed by atoms with van der Waals surface area (Å²) in [7, 11) is 0. The molecule has 0 aromatic heterocycles. The summed E-state index contributed by atoms with van der Waals surface area (Å²) in [4.78, 5) is 26.2. The molecule has 1 aromatic rings. The van der Waals surface area contributed by atoms with Crippen molar-refractivity contribution in [1.29, 1.82) is 0 Å². The van der Waals surface area contributed by atoms with E-state index in [-0.39, 0.29) is 12.0 Å². The summed E-state index contributed by atoms with van der Waals surface area (Å²) in [6, 6.07) is 8.41. The molecule has 6 nitrogen and oxygen atoms in total. The number of benzene rings is 1. The van der Waals surface area contributed by atoms with Crippen LogP contribution in [-0.4, -0.2) is 47.7 Å². The lowest BCUT2D eigenvalue weighted by molar-refractivity contribution is -0.126. The Bertz CT molecular complexity index is 499. The first-order valence-corrected chi connectivity index (χ1v) is 7.67. The lowest BCUT2D eigenvalue weighted by atomic mass is 10.00. The number of amides is 3. The van der Waals surface area contributed by atoms with Gasteiger partial charge in [0, 0.05) is 19.6 Å². The van der Waals surface area contributed by atoms with Gasteiger partial charge in [-0.3, -0.25) is 15.0 Å². The summed E-state index contributed by atoms with van der Waals surface area (Å²) in [6.45, 7) is 3.52. The largest absolute Gasteiger partial charge is 0.393 e. The second kappa shape index (κ2) is 7.91. The van der Waals surface area contributed by atoms with Crippen molar-refractivity contribution in [3.63, 3.8) is 0 Å². The molecular formula is C16H23N3O3. The Hall–Kier alpha value is -1.92. The fraction of sp³-hybridized carbons (Fsp3) is 0.500.